The van der Waals surface area contributed by atoms with Gasteiger partial charge in [0.1, 0.15) is 17.3 Å². The molecule has 0 unspecified atom stereocenters. The topological polar surface area (TPSA) is 63.7 Å². The van der Waals surface area contributed by atoms with Crippen LogP contribution in [-0.4, -0.2) is 57.4 Å². The molecule has 1 saturated heterocycles. The van der Waals surface area contributed by atoms with Crippen molar-refractivity contribution >= 4 is 15.6 Å². The quantitative estimate of drug-likeness (QED) is 0.603. The van der Waals surface area contributed by atoms with Gasteiger partial charge in [-0.15, -0.1) is 0 Å². The highest BCUT2D eigenvalue weighted by Crippen LogP contribution is 2.37. The van der Waals surface area contributed by atoms with Crippen LogP contribution in [0.15, 0.2) is 18.2 Å². The third-order valence-electron chi connectivity index (χ3n) is 7.57. The van der Waals surface area contributed by atoms with Gasteiger partial charge in [-0.25, -0.2) is 8.42 Å². The number of ether oxygens (including phenoxy) is 1. The van der Waals surface area contributed by atoms with Gasteiger partial charge in [-0.05, 0) is 81.1 Å². The van der Waals surface area contributed by atoms with Gasteiger partial charge in [0.25, 0.3) is 0 Å². The molecule has 31 heavy (non-hydrogen) atoms. The number of carbonyl (C=O) groups excluding carboxylic acids is 1. The van der Waals surface area contributed by atoms with Crippen LogP contribution in [0.4, 0.5) is 0 Å². The van der Waals surface area contributed by atoms with Gasteiger partial charge in [-0.2, -0.15) is 0 Å². The lowest BCUT2D eigenvalue weighted by molar-refractivity contribution is -0.117. The number of sulfone groups is 1. The van der Waals surface area contributed by atoms with E-state index in [1.165, 1.54) is 62.9 Å². The molecule has 4 rings (SSSR count). The smallest absolute Gasteiger partial charge is 0.154 e. The van der Waals surface area contributed by atoms with Crippen LogP contribution in [0.25, 0.3) is 0 Å². The highest BCUT2D eigenvalue weighted by molar-refractivity contribution is 7.91. The molecule has 2 fully saturated rings. The monoisotopic (exact) mass is 447 g/mol. The predicted octanol–water partition coefficient (Wildman–Crippen LogP) is 4.00. The Morgan fingerprint density at radius 1 is 1.06 bits per heavy atom. The average Bonchev–Trinajstić information content (AvgIpc) is 3.21. The fourth-order valence-corrected chi connectivity index (χ4v) is 6.56. The lowest BCUT2D eigenvalue weighted by atomic mass is 9.78. The van der Waals surface area contributed by atoms with Crippen molar-refractivity contribution in [1.82, 2.24) is 4.90 Å². The van der Waals surface area contributed by atoms with Crippen molar-refractivity contribution in [3.8, 4) is 5.75 Å². The minimum absolute atomic E-state index is 0.107. The first kappa shape index (κ1) is 22.8. The van der Waals surface area contributed by atoms with Crippen molar-refractivity contribution in [2.45, 2.75) is 63.7 Å². The third kappa shape index (κ3) is 6.32. The Morgan fingerprint density at radius 3 is 2.48 bits per heavy atom. The number of fused-ring (bicyclic) bond motifs is 1. The summed E-state index contributed by atoms with van der Waals surface area (Å²) in [7, 11) is -3.19. The van der Waals surface area contributed by atoms with Gasteiger partial charge in [-0.3, -0.25) is 4.79 Å². The Hall–Kier alpha value is -1.40. The summed E-state index contributed by atoms with van der Waals surface area (Å²) in [6.45, 7) is 4.39. The van der Waals surface area contributed by atoms with Crippen LogP contribution in [0.5, 0.6) is 5.75 Å². The van der Waals surface area contributed by atoms with Crippen LogP contribution in [-0.2, 0) is 21.1 Å². The Morgan fingerprint density at radius 2 is 1.77 bits per heavy atom. The maximum Gasteiger partial charge on any atom is 0.154 e. The van der Waals surface area contributed by atoms with Crippen molar-refractivity contribution in [2.75, 3.05) is 38.2 Å². The Labute approximate surface area is 187 Å². The van der Waals surface area contributed by atoms with Crippen molar-refractivity contribution in [2.24, 2.45) is 11.8 Å². The van der Waals surface area contributed by atoms with E-state index in [0.717, 1.165) is 43.8 Å². The summed E-state index contributed by atoms with van der Waals surface area (Å²) < 4.78 is 28.3. The number of benzene rings is 1. The van der Waals surface area contributed by atoms with E-state index in [0.29, 0.717) is 18.3 Å². The Bertz CT molecular complexity index is 866. The summed E-state index contributed by atoms with van der Waals surface area (Å²) in [4.78, 5) is 14.6. The van der Waals surface area contributed by atoms with E-state index in [9.17, 15) is 13.2 Å². The van der Waals surface area contributed by atoms with Crippen LogP contribution in [0, 0.1) is 11.8 Å². The molecule has 1 saturated carbocycles. The SMILES string of the molecule is CS(=O)(=O)CC(=O)CC1CCC(CCN2CCC(c3cccc4c3CCO4)CC2)CC1. The van der Waals surface area contributed by atoms with Crippen molar-refractivity contribution in [3.05, 3.63) is 29.3 Å². The standard InChI is InChI=1S/C25H37NO4S/c1-31(28,29)18-22(27)17-20-7-5-19(6-8-20)9-13-26-14-10-21(11-15-26)23-3-2-4-25-24(23)12-16-30-25/h2-4,19-21H,5-18H2,1H3. The zero-order chi connectivity index (χ0) is 21.8. The van der Waals surface area contributed by atoms with Gasteiger partial charge >= 0.3 is 0 Å². The first-order chi connectivity index (χ1) is 14.9. The summed E-state index contributed by atoms with van der Waals surface area (Å²) in [6.07, 6.45) is 10.9. The fourth-order valence-electron chi connectivity index (χ4n) is 5.86. The number of Topliss-reactive ketones (excluding diaryl/α,β-unsaturated/α-hetero) is 1. The molecule has 5 nitrogen and oxygen atoms in total. The molecule has 172 valence electrons. The molecule has 0 radical (unpaired) electrons. The molecule has 0 spiro atoms. The maximum atomic E-state index is 11.9. The Kier molecular flexibility index (Phi) is 7.37. The van der Waals surface area contributed by atoms with E-state index in [-0.39, 0.29) is 11.5 Å². The molecule has 1 aromatic rings. The van der Waals surface area contributed by atoms with Crippen LogP contribution in [0.1, 0.15) is 68.4 Å². The number of ketones is 1. The number of hydrogen-bond donors (Lipinski definition) is 0. The van der Waals surface area contributed by atoms with E-state index in [2.05, 4.69) is 23.1 Å². The summed E-state index contributed by atoms with van der Waals surface area (Å²) in [5.41, 5.74) is 2.98. The summed E-state index contributed by atoms with van der Waals surface area (Å²) in [5, 5.41) is 0. The molecule has 0 bridgehead atoms. The normalized spacial score (nSPS) is 25.2. The number of likely N-dealkylation sites (tertiary alicyclic amines) is 1. The van der Waals surface area contributed by atoms with Crippen molar-refractivity contribution in [1.29, 1.82) is 0 Å². The largest absolute Gasteiger partial charge is 0.493 e. The fraction of sp³-hybridized carbons (Fsp3) is 0.720. The summed E-state index contributed by atoms with van der Waals surface area (Å²) in [6, 6.07) is 6.57. The number of hydrogen-bond acceptors (Lipinski definition) is 5. The second kappa shape index (κ2) is 10.0. The minimum Gasteiger partial charge on any atom is -0.493 e. The van der Waals surface area contributed by atoms with E-state index in [1.807, 2.05) is 0 Å². The molecular weight excluding hydrogens is 410 g/mol. The lowest BCUT2D eigenvalue weighted by Crippen LogP contribution is -2.35. The maximum absolute atomic E-state index is 11.9. The van der Waals surface area contributed by atoms with Gasteiger partial charge in [0.15, 0.2) is 9.84 Å². The summed E-state index contributed by atoms with van der Waals surface area (Å²) in [5.74, 6) is 2.53. The molecule has 0 N–H and O–H groups in total. The zero-order valence-corrected chi connectivity index (χ0v) is 19.7. The molecule has 1 aliphatic carbocycles. The van der Waals surface area contributed by atoms with Crippen LogP contribution < -0.4 is 4.74 Å². The second-order valence-corrected chi connectivity index (χ2v) is 12.2. The van der Waals surface area contributed by atoms with Crippen LogP contribution in [0.3, 0.4) is 0 Å². The lowest BCUT2D eigenvalue weighted by Gasteiger charge is -2.35. The second-order valence-electron chi connectivity index (χ2n) is 10.0. The van der Waals surface area contributed by atoms with Gasteiger partial charge in [0, 0.05) is 24.7 Å². The molecule has 3 aliphatic rings. The van der Waals surface area contributed by atoms with E-state index in [4.69, 9.17) is 4.74 Å². The number of rotatable bonds is 8. The molecule has 6 heteroatoms. The van der Waals surface area contributed by atoms with Gasteiger partial charge in [0.2, 0.25) is 0 Å². The van der Waals surface area contributed by atoms with Crippen LogP contribution >= 0.6 is 0 Å². The first-order valence-electron chi connectivity index (χ1n) is 12.0. The van der Waals surface area contributed by atoms with E-state index in [1.54, 1.807) is 0 Å². The number of piperidine rings is 1. The number of nitrogens with zero attached hydrogens (tertiary/aromatic N) is 1. The molecule has 0 amide bonds. The molecule has 0 aromatic heterocycles. The molecule has 1 aromatic carbocycles. The van der Waals surface area contributed by atoms with Gasteiger partial charge in [0.05, 0.1) is 6.61 Å². The number of carbonyl (C=O) groups is 1. The van der Waals surface area contributed by atoms with Gasteiger partial charge < -0.3 is 9.64 Å². The zero-order valence-electron chi connectivity index (χ0n) is 18.9. The average molecular weight is 448 g/mol. The molecule has 0 atom stereocenters. The minimum atomic E-state index is -3.19. The first-order valence-corrected chi connectivity index (χ1v) is 14.1. The van der Waals surface area contributed by atoms with E-state index >= 15 is 0 Å². The predicted molar refractivity (Wildman–Crippen MR) is 123 cm³/mol. The molecule has 2 heterocycles. The third-order valence-corrected chi connectivity index (χ3v) is 8.41. The Balaban J connectivity index is 1.15. The highest BCUT2D eigenvalue weighted by atomic mass is 32.2. The highest BCUT2D eigenvalue weighted by Gasteiger charge is 2.27. The summed E-state index contributed by atoms with van der Waals surface area (Å²) >= 11 is 0. The van der Waals surface area contributed by atoms with Crippen LogP contribution in [0.2, 0.25) is 0 Å². The molecule has 2 aliphatic heterocycles. The van der Waals surface area contributed by atoms with Crippen molar-refractivity contribution in [3.63, 3.8) is 0 Å². The van der Waals surface area contributed by atoms with Crippen molar-refractivity contribution < 1.29 is 17.9 Å². The van der Waals surface area contributed by atoms with E-state index < -0.39 is 9.84 Å². The van der Waals surface area contributed by atoms with Gasteiger partial charge in [-0.1, -0.05) is 25.0 Å². The molecular formula is C25H37NO4S.